The van der Waals surface area contributed by atoms with Gasteiger partial charge in [0.15, 0.2) is 27.9 Å². The van der Waals surface area contributed by atoms with Crippen LogP contribution in [0.15, 0.2) is 0 Å². The normalized spacial score (nSPS) is 15.4. The zero-order valence-corrected chi connectivity index (χ0v) is 11.8. The molecule has 0 aromatic heterocycles. The van der Waals surface area contributed by atoms with E-state index in [2.05, 4.69) is 0 Å². The van der Waals surface area contributed by atoms with Crippen molar-refractivity contribution in [1.29, 1.82) is 0 Å². The third-order valence-corrected chi connectivity index (χ3v) is 35.9. The lowest BCUT2D eigenvalue weighted by atomic mass is 12.0. The predicted octanol–water partition coefficient (Wildman–Crippen LogP) is -1.21. The molecule has 0 aliphatic heterocycles. The highest BCUT2D eigenvalue weighted by Crippen LogP contribution is 2.28. The van der Waals surface area contributed by atoms with Gasteiger partial charge in [0.1, 0.15) is 0 Å². The molecule has 0 saturated carbocycles. The summed E-state index contributed by atoms with van der Waals surface area (Å²) in [5.41, 5.74) is 0. The van der Waals surface area contributed by atoms with Crippen molar-refractivity contribution in [2.75, 3.05) is 18.8 Å². The average molecular weight is 301 g/mol. The van der Waals surface area contributed by atoms with E-state index in [9.17, 15) is 25.3 Å². The van der Waals surface area contributed by atoms with Crippen LogP contribution in [-0.4, -0.2) is 48.9 Å². The second kappa shape index (κ2) is 3.44. The maximum atomic E-state index is 11.1. The van der Waals surface area contributed by atoms with Crippen molar-refractivity contribution in [3.63, 3.8) is 0 Å². The molecule has 0 aromatic rings. The molecule has 0 fully saturated rings. The van der Waals surface area contributed by atoms with Crippen molar-refractivity contribution >= 4 is 43.8 Å². The van der Waals surface area contributed by atoms with Crippen LogP contribution in [0.5, 0.6) is 0 Å². The van der Waals surface area contributed by atoms with Gasteiger partial charge in [-0.2, -0.15) is 0 Å². The van der Waals surface area contributed by atoms with Crippen LogP contribution in [-0.2, 0) is 27.9 Å². The van der Waals surface area contributed by atoms with Crippen LogP contribution in [0.1, 0.15) is 0 Å². The molecule has 11 heteroatoms. The van der Waals surface area contributed by atoms with Crippen LogP contribution >= 0.6 is 11.1 Å². The molecular formula is C3H9ClO6S3Si. The highest BCUT2D eigenvalue weighted by atomic mass is 35.6. The molecule has 14 heavy (non-hydrogen) atoms. The summed E-state index contributed by atoms with van der Waals surface area (Å²) in [7, 11) is -13.1. The molecule has 6 nitrogen and oxygen atoms in total. The maximum absolute atomic E-state index is 11.1. The van der Waals surface area contributed by atoms with E-state index in [1.165, 1.54) is 0 Å². The fraction of sp³-hybridized carbons (Fsp3) is 1.00. The summed E-state index contributed by atoms with van der Waals surface area (Å²) in [5.74, 6) is 0. The summed E-state index contributed by atoms with van der Waals surface area (Å²) >= 11 is 5.34. The smallest absolute Gasteiger partial charge is 0.232 e. The second-order valence-electron chi connectivity index (χ2n) is 2.80. The van der Waals surface area contributed by atoms with Gasteiger partial charge in [-0.05, 0) is 0 Å². The van der Waals surface area contributed by atoms with Gasteiger partial charge in [0.2, 0.25) is 0 Å². The molecule has 0 aliphatic rings. The lowest BCUT2D eigenvalue weighted by Gasteiger charge is -2.16. The molecule has 86 valence electrons. The molecule has 0 radical (unpaired) electrons. The van der Waals surface area contributed by atoms with E-state index in [1.807, 2.05) is 0 Å². The van der Waals surface area contributed by atoms with E-state index in [0.29, 0.717) is 18.8 Å². The predicted molar refractivity (Wildman–Crippen MR) is 56.1 cm³/mol. The Labute approximate surface area is 87.7 Å². The second-order valence-corrected chi connectivity index (χ2v) is 26.6. The Morgan fingerprint density at radius 3 is 0.857 bits per heavy atom. The van der Waals surface area contributed by atoms with Crippen molar-refractivity contribution in [3.05, 3.63) is 0 Å². The van der Waals surface area contributed by atoms with Gasteiger partial charge >= 0.3 is 4.83 Å². The molecule has 0 atom stereocenters. The number of hydrogen-bond acceptors (Lipinski definition) is 6. The Morgan fingerprint density at radius 2 is 0.857 bits per heavy atom. The van der Waals surface area contributed by atoms with Crippen molar-refractivity contribution in [3.8, 4) is 0 Å². The lowest BCUT2D eigenvalue weighted by molar-refractivity contribution is 0.607. The van der Waals surface area contributed by atoms with Crippen LogP contribution in [0.4, 0.5) is 0 Å². The third kappa shape index (κ3) is 2.13. The number of rotatable bonds is 3. The van der Waals surface area contributed by atoms with Crippen molar-refractivity contribution in [1.82, 2.24) is 0 Å². The first kappa shape index (κ1) is 14.4. The minimum absolute atomic E-state index is 0.508. The van der Waals surface area contributed by atoms with Crippen molar-refractivity contribution in [2.24, 2.45) is 0 Å². The number of halogens is 1. The van der Waals surface area contributed by atoms with Crippen LogP contribution in [0.25, 0.3) is 0 Å². The van der Waals surface area contributed by atoms with Crippen molar-refractivity contribution < 1.29 is 25.3 Å². The molecule has 0 bridgehead atoms. The van der Waals surface area contributed by atoms with E-state index in [4.69, 9.17) is 11.1 Å². The summed E-state index contributed by atoms with van der Waals surface area (Å²) in [4.78, 5) is -4.97. The maximum Gasteiger partial charge on any atom is 0.537 e. The molecule has 0 N–H and O–H groups in total. The monoisotopic (exact) mass is 300 g/mol. The van der Waals surface area contributed by atoms with Crippen molar-refractivity contribution in [2.45, 2.75) is 0 Å². The zero-order valence-electron chi connectivity index (χ0n) is 7.55. The molecule has 0 aromatic carbocycles. The quantitative estimate of drug-likeness (QED) is 0.479. The Balaban J connectivity index is 6.41. The summed E-state index contributed by atoms with van der Waals surface area (Å²) in [6.07, 6.45) is 1.52. The molecule has 0 amide bonds. The topological polar surface area (TPSA) is 102 Å². The first-order valence-electron chi connectivity index (χ1n) is 3.03. The Bertz CT molecular complexity index is 448. The third-order valence-electron chi connectivity index (χ3n) is 1.33. The van der Waals surface area contributed by atoms with Crippen LogP contribution in [0, 0.1) is 0 Å². The minimum atomic E-state index is -4.97. The minimum Gasteiger partial charge on any atom is -0.232 e. The van der Waals surface area contributed by atoms with Crippen LogP contribution in [0.3, 0.4) is 0 Å². The van der Waals surface area contributed by atoms with E-state index in [-0.39, 0.29) is 0 Å². The summed E-state index contributed by atoms with van der Waals surface area (Å²) in [5, 5.41) is 0. The summed E-state index contributed by atoms with van der Waals surface area (Å²) < 4.78 is 66.7. The molecule has 0 heterocycles. The molecule has 0 spiro atoms. The largest absolute Gasteiger partial charge is 0.537 e. The fourth-order valence-corrected chi connectivity index (χ4v) is 22.3. The first-order chi connectivity index (χ1) is 5.75. The van der Waals surface area contributed by atoms with E-state index < -0.39 is 32.7 Å². The first-order valence-corrected chi connectivity index (χ1v) is 13.9. The Hall–Kier alpha value is 0.357. The van der Waals surface area contributed by atoms with Gasteiger partial charge in [0.05, 0.1) is 0 Å². The SMILES string of the molecule is CS(=O)(=O)[Si](Cl)(S(C)(=O)=O)S(C)(=O)=O. The van der Waals surface area contributed by atoms with Gasteiger partial charge in [-0.1, -0.05) is 0 Å². The fourth-order valence-electron chi connectivity index (χ4n) is 0.825. The van der Waals surface area contributed by atoms with Gasteiger partial charge in [0.25, 0.3) is 0 Å². The van der Waals surface area contributed by atoms with Gasteiger partial charge in [-0.3, -0.25) is 0 Å². The van der Waals surface area contributed by atoms with Gasteiger partial charge in [-0.25, -0.2) is 25.3 Å². The highest BCUT2D eigenvalue weighted by molar-refractivity contribution is 8.78. The van der Waals surface area contributed by atoms with Gasteiger partial charge in [0, 0.05) is 18.8 Å². The summed E-state index contributed by atoms with van der Waals surface area (Å²) in [6.45, 7) is 0. The van der Waals surface area contributed by atoms with Gasteiger partial charge < -0.3 is 0 Å². The Kier molecular flexibility index (Phi) is 3.53. The molecule has 0 saturated heterocycles. The summed E-state index contributed by atoms with van der Waals surface area (Å²) in [6, 6.07) is 0. The standard InChI is InChI=1S/C3H9ClO6S3Si/c1-11(5,6)14(4,12(2,7)8)13(3,9)10/h1-3H3. The highest BCUT2D eigenvalue weighted by Gasteiger charge is 2.64. The lowest BCUT2D eigenvalue weighted by Crippen LogP contribution is -2.52. The van der Waals surface area contributed by atoms with Crippen LogP contribution in [0.2, 0.25) is 0 Å². The number of hydrogen-bond donors (Lipinski definition) is 0. The molecule has 0 aliphatic carbocycles. The molecule has 0 rings (SSSR count). The van der Waals surface area contributed by atoms with E-state index >= 15 is 0 Å². The van der Waals surface area contributed by atoms with E-state index in [0.717, 1.165) is 0 Å². The molecular weight excluding hydrogens is 292 g/mol. The van der Waals surface area contributed by atoms with Crippen LogP contribution < -0.4 is 0 Å². The average Bonchev–Trinajstić information content (AvgIpc) is 1.77. The molecule has 0 unspecified atom stereocenters. The van der Waals surface area contributed by atoms with E-state index in [1.54, 1.807) is 0 Å². The van der Waals surface area contributed by atoms with Gasteiger partial charge in [-0.15, -0.1) is 11.1 Å². The zero-order chi connectivity index (χ0) is 12.0. The Morgan fingerprint density at radius 1 is 0.714 bits per heavy atom.